The van der Waals surface area contributed by atoms with Crippen LogP contribution in [0.15, 0.2) is 17.8 Å². The Morgan fingerprint density at radius 3 is 2.76 bits per heavy atom. The topological polar surface area (TPSA) is 70.4 Å². The molecule has 1 aromatic rings. The predicted octanol–water partition coefficient (Wildman–Crippen LogP) is 1.74. The molecule has 0 bridgehead atoms. The number of pyridine rings is 1. The maximum Gasteiger partial charge on any atom is 0.336 e. The van der Waals surface area contributed by atoms with Crippen LogP contribution in [0.2, 0.25) is 0 Å². The molecule has 0 amide bonds. The number of carbonyl (C=O) groups is 1. The minimum absolute atomic E-state index is 0.115. The van der Waals surface area contributed by atoms with Gasteiger partial charge in [0.2, 0.25) is 0 Å². The van der Waals surface area contributed by atoms with Gasteiger partial charge in [-0.2, -0.15) is 0 Å². The lowest BCUT2D eigenvalue weighted by atomic mass is 9.96. The van der Waals surface area contributed by atoms with Crippen molar-refractivity contribution in [1.82, 2.24) is 4.98 Å². The number of fused-ring (bicyclic) bond motifs is 1. The van der Waals surface area contributed by atoms with Crippen molar-refractivity contribution in [2.75, 3.05) is 0 Å². The van der Waals surface area contributed by atoms with Gasteiger partial charge in [-0.25, -0.2) is 4.79 Å². The maximum absolute atomic E-state index is 11.1. The van der Waals surface area contributed by atoms with E-state index in [9.17, 15) is 9.90 Å². The lowest BCUT2D eigenvalue weighted by Crippen LogP contribution is -2.17. The summed E-state index contributed by atoms with van der Waals surface area (Å²) in [5, 5.41) is 19.1. The van der Waals surface area contributed by atoms with E-state index in [-0.39, 0.29) is 11.5 Å². The quantitative estimate of drug-likeness (QED) is 0.834. The molecule has 1 aliphatic carbocycles. The molecule has 4 nitrogen and oxygen atoms in total. The number of carboxylic acids is 1. The van der Waals surface area contributed by atoms with Crippen molar-refractivity contribution in [2.24, 2.45) is 5.92 Å². The highest BCUT2D eigenvalue weighted by Crippen LogP contribution is 2.30. The molecule has 1 unspecified atom stereocenters. The second-order valence-corrected chi connectivity index (χ2v) is 4.61. The van der Waals surface area contributed by atoms with E-state index in [4.69, 9.17) is 5.11 Å². The molecular formula is C13H15NO3. The zero-order valence-electron chi connectivity index (χ0n) is 9.84. The lowest BCUT2D eigenvalue weighted by molar-refractivity contribution is 0.0695. The summed E-state index contributed by atoms with van der Waals surface area (Å²) in [5.74, 6) is -0.832. The Bertz CT molecular complexity index is 491. The first-order valence-electron chi connectivity index (χ1n) is 5.60. The van der Waals surface area contributed by atoms with Crippen molar-refractivity contribution in [2.45, 2.75) is 26.4 Å². The molecule has 0 aromatic carbocycles. The number of aliphatic hydroxyl groups is 1. The third-order valence-corrected chi connectivity index (χ3v) is 3.03. The van der Waals surface area contributed by atoms with Crippen molar-refractivity contribution in [3.05, 3.63) is 34.7 Å². The fourth-order valence-electron chi connectivity index (χ4n) is 2.07. The zero-order valence-corrected chi connectivity index (χ0v) is 9.84. The molecule has 0 aliphatic heterocycles. The summed E-state index contributed by atoms with van der Waals surface area (Å²) in [4.78, 5) is 15.2. The van der Waals surface area contributed by atoms with Crippen LogP contribution in [-0.4, -0.2) is 27.3 Å². The summed E-state index contributed by atoms with van der Waals surface area (Å²) < 4.78 is 0. The third kappa shape index (κ3) is 2.08. The van der Waals surface area contributed by atoms with Crippen molar-refractivity contribution in [3.8, 4) is 0 Å². The zero-order chi connectivity index (χ0) is 12.6. The van der Waals surface area contributed by atoms with Gasteiger partial charge in [0.1, 0.15) is 0 Å². The van der Waals surface area contributed by atoms with Gasteiger partial charge in [-0.3, -0.25) is 4.98 Å². The van der Waals surface area contributed by atoms with E-state index in [0.717, 1.165) is 5.57 Å². The molecule has 0 fully saturated rings. The monoisotopic (exact) mass is 233 g/mol. The van der Waals surface area contributed by atoms with Crippen LogP contribution in [0.3, 0.4) is 0 Å². The normalized spacial score (nSPS) is 15.6. The fraction of sp³-hybridized carbons (Fsp3) is 0.385. The summed E-state index contributed by atoms with van der Waals surface area (Å²) in [7, 11) is 0. The molecule has 0 spiro atoms. The minimum Gasteiger partial charge on any atom is -0.478 e. The van der Waals surface area contributed by atoms with Gasteiger partial charge in [-0.05, 0) is 35.6 Å². The highest BCUT2D eigenvalue weighted by atomic mass is 16.4. The number of aromatic carboxylic acids is 1. The number of nitrogens with zero attached hydrogens (tertiary/aromatic N) is 1. The van der Waals surface area contributed by atoms with Crippen LogP contribution in [0.1, 0.15) is 35.5 Å². The van der Waals surface area contributed by atoms with Crippen molar-refractivity contribution in [3.63, 3.8) is 0 Å². The van der Waals surface area contributed by atoms with Crippen LogP contribution < -0.4 is 0 Å². The van der Waals surface area contributed by atoms with E-state index < -0.39 is 12.1 Å². The van der Waals surface area contributed by atoms with Crippen LogP contribution in [-0.2, 0) is 6.42 Å². The summed E-state index contributed by atoms with van der Waals surface area (Å²) >= 11 is 0. The molecule has 0 saturated heterocycles. The van der Waals surface area contributed by atoms with E-state index in [2.05, 4.69) is 4.98 Å². The second kappa shape index (κ2) is 4.30. The van der Waals surface area contributed by atoms with Crippen LogP contribution >= 0.6 is 0 Å². The molecule has 2 N–H and O–H groups in total. The predicted molar refractivity (Wildman–Crippen MR) is 63.7 cm³/mol. The molecule has 1 aromatic heterocycles. The van der Waals surface area contributed by atoms with E-state index in [0.29, 0.717) is 17.7 Å². The first-order chi connectivity index (χ1) is 8.00. The van der Waals surface area contributed by atoms with Crippen molar-refractivity contribution >= 4 is 12.0 Å². The van der Waals surface area contributed by atoms with Gasteiger partial charge >= 0.3 is 5.97 Å². The van der Waals surface area contributed by atoms with E-state index >= 15 is 0 Å². The van der Waals surface area contributed by atoms with Crippen molar-refractivity contribution < 1.29 is 15.0 Å². The molecule has 0 radical (unpaired) electrons. The fourth-order valence-corrected chi connectivity index (χ4v) is 2.07. The van der Waals surface area contributed by atoms with Crippen LogP contribution in [0.25, 0.3) is 6.08 Å². The Balaban J connectivity index is 2.35. The SMILES string of the molecule is CC(C)C(O)C1=Cc2nccc(C(=O)O)c2C1. The average Bonchev–Trinajstić information content (AvgIpc) is 2.70. The summed E-state index contributed by atoms with van der Waals surface area (Å²) in [6.07, 6.45) is 3.23. The van der Waals surface area contributed by atoms with Crippen LogP contribution in [0, 0.1) is 5.92 Å². The van der Waals surface area contributed by atoms with E-state index in [1.54, 1.807) is 6.08 Å². The Kier molecular flexibility index (Phi) is 2.98. The molecular weight excluding hydrogens is 218 g/mol. The van der Waals surface area contributed by atoms with E-state index in [1.807, 2.05) is 13.8 Å². The van der Waals surface area contributed by atoms with E-state index in [1.165, 1.54) is 12.3 Å². The Hall–Kier alpha value is -1.68. The Morgan fingerprint density at radius 2 is 2.18 bits per heavy atom. The van der Waals surface area contributed by atoms with Gasteiger partial charge < -0.3 is 10.2 Å². The largest absolute Gasteiger partial charge is 0.478 e. The first kappa shape index (κ1) is 11.8. The molecule has 1 atom stereocenters. The average molecular weight is 233 g/mol. The molecule has 0 saturated carbocycles. The standard InChI is InChI=1S/C13H15NO3/c1-7(2)12(15)8-5-10-9(13(16)17)3-4-14-11(10)6-8/h3-4,6-7,12,15H,5H2,1-2H3,(H,16,17). The minimum atomic E-state index is -0.947. The van der Waals surface area contributed by atoms with Gasteiger partial charge in [0, 0.05) is 6.20 Å². The van der Waals surface area contributed by atoms with Crippen LogP contribution in [0.5, 0.6) is 0 Å². The van der Waals surface area contributed by atoms with Crippen molar-refractivity contribution in [1.29, 1.82) is 0 Å². The molecule has 1 aliphatic rings. The summed E-state index contributed by atoms with van der Waals surface area (Å²) in [6.45, 7) is 3.86. The number of carboxylic acid groups (broad SMARTS) is 1. The smallest absolute Gasteiger partial charge is 0.336 e. The Labute approximate surface area is 99.6 Å². The van der Waals surface area contributed by atoms with Crippen LogP contribution in [0.4, 0.5) is 0 Å². The number of aliphatic hydroxyl groups excluding tert-OH is 1. The number of hydrogen-bond acceptors (Lipinski definition) is 3. The van der Waals surface area contributed by atoms with Gasteiger partial charge in [-0.1, -0.05) is 13.8 Å². The number of hydrogen-bond donors (Lipinski definition) is 2. The number of aromatic nitrogens is 1. The van der Waals surface area contributed by atoms with Gasteiger partial charge in [-0.15, -0.1) is 0 Å². The number of rotatable bonds is 3. The lowest BCUT2D eigenvalue weighted by Gasteiger charge is -2.15. The molecule has 4 heteroatoms. The molecule has 2 rings (SSSR count). The van der Waals surface area contributed by atoms with Gasteiger partial charge in [0.25, 0.3) is 0 Å². The molecule has 1 heterocycles. The molecule has 17 heavy (non-hydrogen) atoms. The highest BCUT2D eigenvalue weighted by Gasteiger charge is 2.25. The Morgan fingerprint density at radius 1 is 1.47 bits per heavy atom. The second-order valence-electron chi connectivity index (χ2n) is 4.61. The van der Waals surface area contributed by atoms with Gasteiger partial charge in [0.15, 0.2) is 0 Å². The third-order valence-electron chi connectivity index (χ3n) is 3.03. The van der Waals surface area contributed by atoms with Gasteiger partial charge in [0.05, 0.1) is 17.4 Å². The maximum atomic E-state index is 11.1. The summed E-state index contributed by atoms with van der Waals surface area (Å²) in [5.41, 5.74) is 2.49. The first-order valence-corrected chi connectivity index (χ1v) is 5.60. The molecule has 90 valence electrons. The highest BCUT2D eigenvalue weighted by molar-refractivity contribution is 5.91. The summed E-state index contributed by atoms with van der Waals surface area (Å²) in [6, 6.07) is 1.50.